The number of para-hydroxylation sites is 1. The largest absolute Gasteiger partial charge is 0.487 e. The predicted molar refractivity (Wildman–Crippen MR) is 192 cm³/mol. The minimum atomic E-state index is -0.305. The maximum absolute atomic E-state index is 12.1. The van der Waals surface area contributed by atoms with Gasteiger partial charge in [-0.2, -0.15) is 0 Å². The average Bonchev–Trinajstić information content (AvgIpc) is 3.40. The van der Waals surface area contributed by atoms with E-state index in [4.69, 9.17) is 30.8 Å². The standard InChI is InChI=1S/C40H35ClN2O4S/c1-26-19-33-37(46-24-32-16-15-30(22-42-32)28-10-4-3-5-11-28)18-17-34-39(33)40(48-26)35(43(34)23-27-9-8-13-31(41)20-27)25-47-36-14-7-6-12-29(36)21-38(44)45-2/h3-18,20,22,26H,19,21,23-25H2,1-2H3/t26-/m0/s1. The number of esters is 1. The summed E-state index contributed by atoms with van der Waals surface area (Å²) in [6.45, 7) is 3.59. The highest BCUT2D eigenvalue weighted by molar-refractivity contribution is 8.00. The van der Waals surface area contributed by atoms with Crippen molar-refractivity contribution in [2.75, 3.05) is 7.11 Å². The Kier molecular flexibility index (Phi) is 9.41. The number of nitrogens with zero attached hydrogens (tertiary/aromatic N) is 2. The summed E-state index contributed by atoms with van der Waals surface area (Å²) < 4.78 is 20.3. The number of carbonyl (C=O) groups excluding carboxylic acids is 1. The molecule has 0 bridgehead atoms. The molecular formula is C40H35ClN2O4S. The molecule has 6 nitrogen and oxygen atoms in total. The summed E-state index contributed by atoms with van der Waals surface area (Å²) in [5.41, 5.74) is 8.38. The van der Waals surface area contributed by atoms with E-state index in [1.807, 2.05) is 84.7 Å². The Hall–Kier alpha value is -4.72. The highest BCUT2D eigenvalue weighted by atomic mass is 35.5. The van der Waals surface area contributed by atoms with Gasteiger partial charge in [-0.05, 0) is 53.9 Å². The molecule has 1 aliphatic rings. The molecule has 48 heavy (non-hydrogen) atoms. The van der Waals surface area contributed by atoms with Gasteiger partial charge in [-0.1, -0.05) is 85.3 Å². The number of rotatable bonds is 11. The minimum absolute atomic E-state index is 0.144. The molecule has 242 valence electrons. The second-order valence-corrected chi connectivity index (χ2v) is 13.8. The highest BCUT2D eigenvalue weighted by Gasteiger charge is 2.29. The van der Waals surface area contributed by atoms with Crippen molar-refractivity contribution in [2.24, 2.45) is 0 Å². The lowest BCUT2D eigenvalue weighted by atomic mass is 10.0. The van der Waals surface area contributed by atoms with Gasteiger partial charge in [0.15, 0.2) is 0 Å². The van der Waals surface area contributed by atoms with Gasteiger partial charge in [0, 0.05) is 50.0 Å². The number of hydrogen-bond acceptors (Lipinski definition) is 6. The highest BCUT2D eigenvalue weighted by Crippen LogP contribution is 2.47. The van der Waals surface area contributed by atoms with Crippen LogP contribution >= 0.6 is 23.4 Å². The molecule has 0 fully saturated rings. The molecule has 2 aromatic heterocycles. The van der Waals surface area contributed by atoms with Gasteiger partial charge in [-0.3, -0.25) is 9.78 Å². The van der Waals surface area contributed by atoms with Crippen LogP contribution in [0.4, 0.5) is 0 Å². The minimum Gasteiger partial charge on any atom is -0.487 e. The molecule has 0 saturated heterocycles. The third-order valence-corrected chi connectivity index (χ3v) is 10.1. The van der Waals surface area contributed by atoms with E-state index in [0.29, 0.717) is 35.8 Å². The van der Waals surface area contributed by atoms with Crippen molar-refractivity contribution in [3.63, 3.8) is 0 Å². The van der Waals surface area contributed by atoms with Crippen molar-refractivity contribution in [1.82, 2.24) is 9.55 Å². The molecule has 3 heterocycles. The van der Waals surface area contributed by atoms with E-state index in [-0.39, 0.29) is 12.4 Å². The van der Waals surface area contributed by atoms with E-state index in [1.54, 1.807) is 0 Å². The fourth-order valence-corrected chi connectivity index (χ4v) is 7.79. The number of aromatic nitrogens is 2. The van der Waals surface area contributed by atoms with Gasteiger partial charge in [0.1, 0.15) is 24.7 Å². The number of thioether (sulfide) groups is 1. The molecule has 8 heteroatoms. The number of ether oxygens (including phenoxy) is 3. The molecule has 1 atom stereocenters. The number of halogens is 1. The molecule has 7 rings (SSSR count). The first-order valence-electron chi connectivity index (χ1n) is 16.0. The summed E-state index contributed by atoms with van der Waals surface area (Å²) in [5.74, 6) is 1.24. The molecule has 1 aliphatic heterocycles. The van der Waals surface area contributed by atoms with Gasteiger partial charge in [0.25, 0.3) is 0 Å². The maximum Gasteiger partial charge on any atom is 0.310 e. The molecule has 0 spiro atoms. The zero-order chi connectivity index (χ0) is 33.0. The third kappa shape index (κ3) is 6.80. The molecule has 0 N–H and O–H groups in total. The second-order valence-electron chi connectivity index (χ2n) is 11.9. The lowest BCUT2D eigenvalue weighted by Gasteiger charge is -2.22. The van der Waals surface area contributed by atoms with Gasteiger partial charge in [0.2, 0.25) is 0 Å². The first-order valence-corrected chi connectivity index (χ1v) is 17.2. The molecule has 0 unspecified atom stereocenters. The van der Waals surface area contributed by atoms with Crippen LogP contribution in [0.3, 0.4) is 0 Å². The van der Waals surface area contributed by atoms with Crippen LogP contribution in [-0.2, 0) is 42.1 Å². The second kappa shape index (κ2) is 14.2. The summed E-state index contributed by atoms with van der Waals surface area (Å²) in [6.07, 6.45) is 2.93. The van der Waals surface area contributed by atoms with Gasteiger partial charge >= 0.3 is 5.97 Å². The monoisotopic (exact) mass is 674 g/mol. The van der Waals surface area contributed by atoms with Gasteiger partial charge in [-0.15, -0.1) is 11.8 Å². The third-order valence-electron chi connectivity index (χ3n) is 8.60. The Bertz CT molecular complexity index is 2080. The van der Waals surface area contributed by atoms with Crippen molar-refractivity contribution in [1.29, 1.82) is 0 Å². The van der Waals surface area contributed by atoms with Crippen LogP contribution in [0, 0.1) is 0 Å². The van der Waals surface area contributed by atoms with Crippen molar-refractivity contribution in [3.05, 3.63) is 142 Å². The lowest BCUT2D eigenvalue weighted by Crippen LogP contribution is -2.11. The Morgan fingerprint density at radius 1 is 0.896 bits per heavy atom. The van der Waals surface area contributed by atoms with Gasteiger partial charge in [0.05, 0.1) is 30.4 Å². The molecule has 0 aliphatic carbocycles. The Balaban J connectivity index is 1.23. The molecule has 0 saturated carbocycles. The Morgan fingerprint density at radius 3 is 2.50 bits per heavy atom. The van der Waals surface area contributed by atoms with E-state index in [0.717, 1.165) is 51.3 Å². The van der Waals surface area contributed by atoms with Crippen LogP contribution in [0.5, 0.6) is 11.5 Å². The zero-order valence-electron chi connectivity index (χ0n) is 26.8. The van der Waals surface area contributed by atoms with Crippen LogP contribution in [-0.4, -0.2) is 27.9 Å². The van der Waals surface area contributed by atoms with E-state index >= 15 is 0 Å². The lowest BCUT2D eigenvalue weighted by molar-refractivity contribution is -0.139. The SMILES string of the molecule is COC(=O)Cc1ccccc1OCc1c2c3c(c(OCc4ccc(-c5ccccc5)cn4)ccc3n1Cc1cccc(Cl)c1)C[C@H](C)S2. The summed E-state index contributed by atoms with van der Waals surface area (Å²) in [7, 11) is 1.40. The van der Waals surface area contributed by atoms with Crippen LogP contribution in [0.1, 0.15) is 35.0 Å². The van der Waals surface area contributed by atoms with E-state index in [2.05, 4.69) is 47.9 Å². The van der Waals surface area contributed by atoms with Crippen LogP contribution < -0.4 is 9.47 Å². The van der Waals surface area contributed by atoms with E-state index in [1.165, 1.54) is 23.0 Å². The average molecular weight is 675 g/mol. The summed E-state index contributed by atoms with van der Waals surface area (Å²) in [4.78, 5) is 18.0. The van der Waals surface area contributed by atoms with Gasteiger partial charge < -0.3 is 18.8 Å². The fraction of sp³-hybridized carbons (Fsp3) is 0.200. The molecular weight excluding hydrogens is 640 g/mol. The molecule has 0 amide bonds. The van der Waals surface area contributed by atoms with E-state index < -0.39 is 0 Å². The zero-order valence-corrected chi connectivity index (χ0v) is 28.4. The van der Waals surface area contributed by atoms with Crippen LogP contribution in [0.2, 0.25) is 5.02 Å². The number of pyridine rings is 1. The smallest absolute Gasteiger partial charge is 0.310 e. The summed E-state index contributed by atoms with van der Waals surface area (Å²) in [5, 5.41) is 2.24. The number of hydrogen-bond donors (Lipinski definition) is 0. The first-order chi connectivity index (χ1) is 23.5. The van der Waals surface area contributed by atoms with Crippen molar-refractivity contribution >= 4 is 40.2 Å². The molecule has 0 radical (unpaired) electrons. The van der Waals surface area contributed by atoms with E-state index in [9.17, 15) is 4.79 Å². The number of methoxy groups -OCH3 is 1. The summed E-state index contributed by atoms with van der Waals surface area (Å²) >= 11 is 8.29. The van der Waals surface area contributed by atoms with Crippen LogP contribution in [0.25, 0.3) is 22.0 Å². The summed E-state index contributed by atoms with van der Waals surface area (Å²) in [6, 6.07) is 34.2. The quantitative estimate of drug-likeness (QED) is 0.128. The Morgan fingerprint density at radius 2 is 1.71 bits per heavy atom. The molecule has 6 aromatic rings. The predicted octanol–water partition coefficient (Wildman–Crippen LogP) is 9.32. The first kappa shape index (κ1) is 31.9. The molecule has 4 aromatic carbocycles. The topological polar surface area (TPSA) is 62.6 Å². The number of benzene rings is 4. The number of carbonyl (C=O) groups is 1. The maximum atomic E-state index is 12.1. The van der Waals surface area contributed by atoms with Crippen molar-refractivity contribution in [2.45, 2.75) is 49.7 Å². The van der Waals surface area contributed by atoms with Crippen LogP contribution in [0.15, 0.2) is 114 Å². The fourth-order valence-electron chi connectivity index (χ4n) is 6.27. The van der Waals surface area contributed by atoms with Crippen molar-refractivity contribution < 1.29 is 19.0 Å². The van der Waals surface area contributed by atoms with Gasteiger partial charge in [-0.25, -0.2) is 0 Å². The van der Waals surface area contributed by atoms with Crippen molar-refractivity contribution in [3.8, 4) is 22.6 Å². The Labute approximate surface area is 289 Å². The normalized spacial score (nSPS) is 13.8.